The van der Waals surface area contributed by atoms with Gasteiger partial charge in [-0.05, 0) is 17.5 Å². The Bertz CT molecular complexity index is 848. The van der Waals surface area contributed by atoms with E-state index >= 15 is 0 Å². The fraction of sp³-hybridized carbons (Fsp3) is 0.188. The third kappa shape index (κ3) is 1.74. The molecule has 1 aliphatic rings. The number of nitrogens with zero attached hydrogens (tertiary/aromatic N) is 3. The third-order valence-corrected chi connectivity index (χ3v) is 3.77. The van der Waals surface area contributed by atoms with Gasteiger partial charge >= 0.3 is 0 Å². The minimum absolute atomic E-state index is 0.0157. The number of aryl methyl sites for hydroxylation is 1. The Balaban J connectivity index is 1.78. The summed E-state index contributed by atoms with van der Waals surface area (Å²) >= 11 is 0. The number of carbonyl (C=O) groups excluding carboxylic acids is 1. The normalized spacial score (nSPS) is 13.4. The molecule has 0 spiro atoms. The molecule has 0 aliphatic carbocycles. The Kier molecular flexibility index (Phi) is 2.54. The summed E-state index contributed by atoms with van der Waals surface area (Å²) in [5.74, 6) is 1.11. The molecule has 4 rings (SSSR count). The van der Waals surface area contributed by atoms with Gasteiger partial charge in [-0.25, -0.2) is 0 Å². The highest BCUT2D eigenvalue weighted by Crippen LogP contribution is 2.37. The van der Waals surface area contributed by atoms with Gasteiger partial charge in [-0.3, -0.25) is 9.69 Å². The number of rotatable bonds is 3. The molecular formula is C16H13N3O2. The summed E-state index contributed by atoms with van der Waals surface area (Å²) in [5, 5.41) is 5.95. The first-order valence-corrected chi connectivity index (χ1v) is 6.93. The van der Waals surface area contributed by atoms with Crippen LogP contribution in [-0.2, 0) is 13.0 Å². The quantitative estimate of drug-likeness (QED) is 0.739. The third-order valence-electron chi connectivity index (χ3n) is 3.77. The summed E-state index contributed by atoms with van der Waals surface area (Å²) < 4.78 is 5.21. The van der Waals surface area contributed by atoms with Gasteiger partial charge in [0.2, 0.25) is 5.89 Å². The van der Waals surface area contributed by atoms with Crippen molar-refractivity contribution >= 4 is 22.4 Å². The van der Waals surface area contributed by atoms with Crippen LogP contribution in [0.3, 0.4) is 0 Å². The SMILES string of the molecule is CCc1noc(CN2C(=O)c3cccc4cccc2c34)n1. The molecule has 21 heavy (non-hydrogen) atoms. The minimum atomic E-state index is -0.0157. The van der Waals surface area contributed by atoms with Gasteiger partial charge in [0, 0.05) is 17.4 Å². The topological polar surface area (TPSA) is 59.2 Å². The predicted octanol–water partition coefficient (Wildman–Crippen LogP) is 2.95. The number of anilines is 1. The molecule has 0 atom stereocenters. The maximum atomic E-state index is 12.6. The van der Waals surface area contributed by atoms with E-state index in [0.29, 0.717) is 24.7 Å². The average molecular weight is 279 g/mol. The van der Waals surface area contributed by atoms with Gasteiger partial charge in [-0.1, -0.05) is 36.3 Å². The lowest BCUT2D eigenvalue weighted by Gasteiger charge is -2.14. The zero-order valence-electron chi connectivity index (χ0n) is 11.5. The molecule has 0 fully saturated rings. The molecule has 0 unspecified atom stereocenters. The molecule has 5 nitrogen and oxygen atoms in total. The molecule has 5 heteroatoms. The molecule has 1 aliphatic heterocycles. The maximum absolute atomic E-state index is 12.6. The zero-order valence-corrected chi connectivity index (χ0v) is 11.5. The van der Waals surface area contributed by atoms with Gasteiger partial charge in [-0.15, -0.1) is 0 Å². The highest BCUT2D eigenvalue weighted by Gasteiger charge is 2.30. The van der Waals surface area contributed by atoms with E-state index in [9.17, 15) is 4.79 Å². The lowest BCUT2D eigenvalue weighted by Crippen LogP contribution is -2.26. The fourth-order valence-electron chi connectivity index (χ4n) is 2.77. The van der Waals surface area contributed by atoms with Crippen molar-refractivity contribution in [3.05, 3.63) is 53.7 Å². The first-order chi connectivity index (χ1) is 10.3. The van der Waals surface area contributed by atoms with Crippen LogP contribution in [0.2, 0.25) is 0 Å². The summed E-state index contributed by atoms with van der Waals surface area (Å²) in [7, 11) is 0. The van der Waals surface area contributed by atoms with Crippen LogP contribution in [-0.4, -0.2) is 16.0 Å². The molecule has 104 valence electrons. The monoisotopic (exact) mass is 279 g/mol. The smallest absolute Gasteiger partial charge is 0.259 e. The Morgan fingerprint density at radius 3 is 2.76 bits per heavy atom. The predicted molar refractivity (Wildman–Crippen MR) is 78.1 cm³/mol. The number of hydrogen-bond acceptors (Lipinski definition) is 4. The van der Waals surface area contributed by atoms with Crippen LogP contribution in [0.15, 0.2) is 40.9 Å². The van der Waals surface area contributed by atoms with Gasteiger partial charge in [0.05, 0.1) is 5.69 Å². The van der Waals surface area contributed by atoms with Crippen LogP contribution < -0.4 is 4.90 Å². The van der Waals surface area contributed by atoms with Crippen LogP contribution in [0.4, 0.5) is 5.69 Å². The van der Waals surface area contributed by atoms with Gasteiger partial charge in [0.25, 0.3) is 5.91 Å². The van der Waals surface area contributed by atoms with Gasteiger partial charge in [-0.2, -0.15) is 4.98 Å². The molecule has 1 amide bonds. The Hall–Kier alpha value is -2.69. The molecule has 3 aromatic rings. The van der Waals surface area contributed by atoms with Gasteiger partial charge in [0.15, 0.2) is 5.82 Å². The average Bonchev–Trinajstić information content (AvgIpc) is 3.08. The van der Waals surface area contributed by atoms with Gasteiger partial charge < -0.3 is 4.52 Å². The van der Waals surface area contributed by atoms with Crippen LogP contribution in [0.5, 0.6) is 0 Å². The standard InChI is InChI=1S/C16H13N3O2/c1-2-13-17-14(21-18-13)9-19-12-8-4-6-10-5-3-7-11(15(10)12)16(19)20/h3-8H,2,9H2,1H3. The van der Waals surface area contributed by atoms with E-state index in [1.165, 1.54) is 0 Å². The number of hydrogen-bond donors (Lipinski definition) is 0. The molecule has 1 aromatic heterocycles. The summed E-state index contributed by atoms with van der Waals surface area (Å²) in [5.41, 5.74) is 1.64. The summed E-state index contributed by atoms with van der Waals surface area (Å²) in [6, 6.07) is 11.7. The summed E-state index contributed by atoms with van der Waals surface area (Å²) in [6.07, 6.45) is 0.716. The second-order valence-corrected chi connectivity index (χ2v) is 5.03. The number of aromatic nitrogens is 2. The molecule has 2 heterocycles. The molecule has 0 saturated heterocycles. The number of carbonyl (C=O) groups is 1. The van der Waals surface area contributed by atoms with Crippen molar-refractivity contribution < 1.29 is 9.32 Å². The van der Waals surface area contributed by atoms with Crippen LogP contribution >= 0.6 is 0 Å². The summed E-state index contributed by atoms with van der Waals surface area (Å²) in [6.45, 7) is 2.27. The van der Waals surface area contributed by atoms with E-state index in [1.54, 1.807) is 4.90 Å². The van der Waals surface area contributed by atoms with Crippen molar-refractivity contribution in [2.24, 2.45) is 0 Å². The second-order valence-electron chi connectivity index (χ2n) is 5.03. The van der Waals surface area contributed by atoms with Crippen LogP contribution in [0.1, 0.15) is 29.0 Å². The maximum Gasteiger partial charge on any atom is 0.259 e. The van der Waals surface area contributed by atoms with E-state index in [2.05, 4.69) is 10.1 Å². The van der Waals surface area contributed by atoms with Crippen LogP contribution in [0.25, 0.3) is 10.8 Å². The van der Waals surface area contributed by atoms with Crippen molar-refractivity contribution in [2.75, 3.05) is 4.90 Å². The van der Waals surface area contributed by atoms with E-state index in [1.807, 2.05) is 43.3 Å². The minimum Gasteiger partial charge on any atom is -0.337 e. The van der Waals surface area contributed by atoms with Crippen molar-refractivity contribution in [2.45, 2.75) is 19.9 Å². The molecule has 0 saturated carbocycles. The highest BCUT2D eigenvalue weighted by atomic mass is 16.5. The first-order valence-electron chi connectivity index (χ1n) is 6.93. The molecule has 0 bridgehead atoms. The fourth-order valence-corrected chi connectivity index (χ4v) is 2.77. The summed E-state index contributed by atoms with van der Waals surface area (Å²) in [4.78, 5) is 18.6. The molecule has 0 radical (unpaired) electrons. The second kappa shape index (κ2) is 4.41. The van der Waals surface area contributed by atoms with Crippen molar-refractivity contribution in [1.82, 2.24) is 10.1 Å². The Labute approximate surface area is 121 Å². The van der Waals surface area contributed by atoms with E-state index in [4.69, 9.17) is 4.52 Å². The lowest BCUT2D eigenvalue weighted by molar-refractivity contribution is 0.0988. The highest BCUT2D eigenvalue weighted by molar-refractivity contribution is 6.24. The number of benzene rings is 2. The van der Waals surface area contributed by atoms with Crippen LogP contribution in [0, 0.1) is 0 Å². The van der Waals surface area contributed by atoms with E-state index in [-0.39, 0.29) is 5.91 Å². The molecular weight excluding hydrogens is 266 g/mol. The lowest BCUT2D eigenvalue weighted by atomic mass is 10.1. The van der Waals surface area contributed by atoms with E-state index in [0.717, 1.165) is 22.0 Å². The van der Waals surface area contributed by atoms with Crippen molar-refractivity contribution in [3.63, 3.8) is 0 Å². The largest absolute Gasteiger partial charge is 0.337 e. The Morgan fingerprint density at radius 1 is 1.19 bits per heavy atom. The van der Waals surface area contributed by atoms with Gasteiger partial charge in [0.1, 0.15) is 6.54 Å². The molecule has 2 aromatic carbocycles. The van der Waals surface area contributed by atoms with E-state index < -0.39 is 0 Å². The molecule has 0 N–H and O–H groups in total. The Morgan fingerprint density at radius 2 is 2.00 bits per heavy atom. The number of amides is 1. The zero-order chi connectivity index (χ0) is 14.4. The van der Waals surface area contributed by atoms with Crippen molar-refractivity contribution in [1.29, 1.82) is 0 Å². The first kappa shape index (κ1) is 12.1. The van der Waals surface area contributed by atoms with Crippen molar-refractivity contribution in [3.8, 4) is 0 Å².